The highest BCUT2D eigenvalue weighted by molar-refractivity contribution is 14.1. The first-order valence-electron chi connectivity index (χ1n) is 3.42. The zero-order valence-corrected chi connectivity index (χ0v) is 9.67. The molecule has 0 saturated carbocycles. The molecule has 0 fully saturated rings. The number of rotatable bonds is 2. The van der Waals surface area contributed by atoms with Gasteiger partial charge < -0.3 is 4.74 Å². The van der Waals surface area contributed by atoms with Crippen LogP contribution in [0.2, 0.25) is 0 Å². The fraction of sp³-hybridized carbons (Fsp3) is 0.125. The third-order valence-electron chi connectivity index (χ3n) is 1.35. The smallest absolute Gasteiger partial charge is 0.340 e. The molecular weight excluding hydrogens is 302 g/mol. The standard InChI is InChI=1S/C8H5FIO2Si/c9-7-2-1-5(10)3-6(7)8(11)12-4-13/h1-3H,4H2. The summed E-state index contributed by atoms with van der Waals surface area (Å²) in [7, 11) is 2.97. The second-order valence-corrected chi connectivity index (χ2v) is 3.73. The largest absolute Gasteiger partial charge is 0.467 e. The van der Waals surface area contributed by atoms with Crippen LogP contribution in [-0.4, -0.2) is 22.4 Å². The van der Waals surface area contributed by atoms with Gasteiger partial charge in [-0.25, -0.2) is 9.18 Å². The highest BCUT2D eigenvalue weighted by Crippen LogP contribution is 2.13. The molecule has 2 nitrogen and oxygen atoms in total. The topological polar surface area (TPSA) is 26.3 Å². The van der Waals surface area contributed by atoms with Gasteiger partial charge in [0, 0.05) is 3.57 Å². The van der Waals surface area contributed by atoms with E-state index >= 15 is 0 Å². The van der Waals surface area contributed by atoms with Crippen molar-refractivity contribution in [3.8, 4) is 0 Å². The number of ether oxygens (including phenoxy) is 1. The number of carbonyl (C=O) groups is 1. The fourth-order valence-electron chi connectivity index (χ4n) is 0.797. The summed E-state index contributed by atoms with van der Waals surface area (Å²) < 4.78 is 18.4. The predicted octanol–water partition coefficient (Wildman–Crippen LogP) is 1.71. The van der Waals surface area contributed by atoms with Crippen LogP contribution in [0, 0.1) is 9.39 Å². The maximum Gasteiger partial charge on any atom is 0.340 e. The van der Waals surface area contributed by atoms with E-state index < -0.39 is 11.8 Å². The van der Waals surface area contributed by atoms with E-state index in [9.17, 15) is 9.18 Å². The Morgan fingerprint density at radius 1 is 1.62 bits per heavy atom. The second-order valence-electron chi connectivity index (χ2n) is 2.20. The summed E-state index contributed by atoms with van der Waals surface area (Å²) in [6, 6.07) is 4.27. The average molecular weight is 307 g/mol. The summed E-state index contributed by atoms with van der Waals surface area (Å²) in [5.74, 6) is -1.23. The molecule has 0 spiro atoms. The summed E-state index contributed by atoms with van der Waals surface area (Å²) in [6.45, 7) is 0. The lowest BCUT2D eigenvalue weighted by molar-refractivity contribution is 0.0568. The summed E-state index contributed by atoms with van der Waals surface area (Å²) in [5, 5.41) is 0. The zero-order chi connectivity index (χ0) is 9.84. The molecule has 0 aromatic heterocycles. The monoisotopic (exact) mass is 307 g/mol. The molecule has 0 N–H and O–H groups in total. The van der Waals surface area contributed by atoms with Gasteiger partial charge >= 0.3 is 5.97 Å². The maximum absolute atomic E-state index is 13.0. The minimum Gasteiger partial charge on any atom is -0.467 e. The van der Waals surface area contributed by atoms with Gasteiger partial charge in [0.05, 0.1) is 22.0 Å². The van der Waals surface area contributed by atoms with Crippen LogP contribution in [0.4, 0.5) is 4.39 Å². The van der Waals surface area contributed by atoms with Crippen LogP contribution >= 0.6 is 22.6 Å². The van der Waals surface area contributed by atoms with E-state index in [0.29, 0.717) is 0 Å². The minimum atomic E-state index is -0.661. The van der Waals surface area contributed by atoms with E-state index in [-0.39, 0.29) is 11.8 Å². The Hall–Kier alpha value is -0.433. The molecule has 0 bridgehead atoms. The van der Waals surface area contributed by atoms with Crippen LogP contribution < -0.4 is 0 Å². The van der Waals surface area contributed by atoms with E-state index in [4.69, 9.17) is 0 Å². The third kappa shape index (κ3) is 2.77. The van der Waals surface area contributed by atoms with Gasteiger partial charge in [-0.1, -0.05) is 0 Å². The van der Waals surface area contributed by atoms with Gasteiger partial charge in [0.25, 0.3) is 0 Å². The highest BCUT2D eigenvalue weighted by Gasteiger charge is 2.12. The summed E-state index contributed by atoms with van der Waals surface area (Å²) >= 11 is 2.00. The molecule has 13 heavy (non-hydrogen) atoms. The first kappa shape index (κ1) is 10.6. The van der Waals surface area contributed by atoms with Gasteiger partial charge in [-0.15, -0.1) is 0 Å². The number of benzene rings is 1. The van der Waals surface area contributed by atoms with Crippen LogP contribution in [0.25, 0.3) is 0 Å². The van der Waals surface area contributed by atoms with Crippen molar-refractivity contribution in [2.24, 2.45) is 0 Å². The first-order chi connectivity index (χ1) is 6.15. The number of carbonyl (C=O) groups excluding carboxylic acids is 1. The quantitative estimate of drug-likeness (QED) is 0.472. The van der Waals surface area contributed by atoms with Crippen molar-refractivity contribution in [3.05, 3.63) is 33.1 Å². The summed E-state index contributed by atoms with van der Waals surface area (Å²) in [5.41, 5.74) is -0.0369. The van der Waals surface area contributed by atoms with Gasteiger partial charge in [-0.2, -0.15) is 0 Å². The molecule has 0 aliphatic heterocycles. The average Bonchev–Trinajstić information content (AvgIpc) is 2.09. The van der Waals surface area contributed by atoms with Gasteiger partial charge in [-0.3, -0.25) is 0 Å². The second kappa shape index (κ2) is 4.71. The molecule has 0 atom stereocenters. The number of hydrogen-bond donors (Lipinski definition) is 0. The molecule has 1 aromatic carbocycles. The van der Waals surface area contributed by atoms with Crippen LogP contribution in [-0.2, 0) is 4.74 Å². The van der Waals surface area contributed by atoms with Crippen molar-refractivity contribution in [3.63, 3.8) is 0 Å². The predicted molar refractivity (Wildman–Crippen MR) is 55.2 cm³/mol. The van der Waals surface area contributed by atoms with Crippen LogP contribution in [0.5, 0.6) is 0 Å². The van der Waals surface area contributed by atoms with Crippen molar-refractivity contribution in [2.75, 3.05) is 6.23 Å². The van der Waals surface area contributed by atoms with Crippen LogP contribution in [0.15, 0.2) is 18.2 Å². The van der Waals surface area contributed by atoms with E-state index in [1.165, 1.54) is 12.1 Å². The van der Waals surface area contributed by atoms with Gasteiger partial charge in [0.15, 0.2) is 0 Å². The molecule has 5 heteroatoms. The van der Waals surface area contributed by atoms with Crippen molar-refractivity contribution >= 4 is 38.8 Å². The van der Waals surface area contributed by atoms with E-state index in [1.54, 1.807) is 6.07 Å². The molecule has 0 unspecified atom stereocenters. The van der Waals surface area contributed by atoms with Crippen LogP contribution in [0.3, 0.4) is 0 Å². The molecule has 0 amide bonds. The Kier molecular flexibility index (Phi) is 3.85. The maximum atomic E-state index is 13.0. The molecule has 1 rings (SSSR count). The van der Waals surface area contributed by atoms with Crippen molar-refractivity contribution < 1.29 is 13.9 Å². The Morgan fingerprint density at radius 3 is 2.92 bits per heavy atom. The van der Waals surface area contributed by atoms with Gasteiger partial charge in [-0.05, 0) is 40.8 Å². The summed E-state index contributed by atoms with van der Waals surface area (Å²) in [6.07, 6.45) is 0.0593. The van der Waals surface area contributed by atoms with Crippen molar-refractivity contribution in [1.82, 2.24) is 0 Å². The van der Waals surface area contributed by atoms with E-state index in [2.05, 4.69) is 15.0 Å². The number of esters is 1. The molecule has 3 radical (unpaired) electrons. The van der Waals surface area contributed by atoms with Crippen LogP contribution in [0.1, 0.15) is 10.4 Å². The Labute approximate surface area is 92.0 Å². The van der Waals surface area contributed by atoms with Gasteiger partial charge in [0.1, 0.15) is 5.82 Å². The van der Waals surface area contributed by atoms with Crippen molar-refractivity contribution in [2.45, 2.75) is 0 Å². The first-order valence-corrected chi connectivity index (χ1v) is 5.20. The van der Waals surface area contributed by atoms with Gasteiger partial charge in [0.2, 0.25) is 0 Å². The molecule has 0 aliphatic carbocycles. The molecule has 67 valence electrons. The highest BCUT2D eigenvalue weighted by atomic mass is 127. The summed E-state index contributed by atoms with van der Waals surface area (Å²) in [4.78, 5) is 11.1. The zero-order valence-electron chi connectivity index (χ0n) is 6.51. The SMILES string of the molecule is O=C(OC[Si])c1cc(I)ccc1F. The lowest BCUT2D eigenvalue weighted by Crippen LogP contribution is -2.08. The number of hydrogen-bond acceptors (Lipinski definition) is 2. The molecule has 0 aliphatic rings. The molecule has 1 aromatic rings. The third-order valence-corrected chi connectivity index (χ3v) is 2.17. The Bertz CT molecular complexity index is 330. The molecule has 0 heterocycles. The lowest BCUT2D eigenvalue weighted by Gasteiger charge is -2.02. The Morgan fingerprint density at radius 2 is 2.31 bits per heavy atom. The minimum absolute atomic E-state index is 0.0369. The lowest BCUT2D eigenvalue weighted by atomic mass is 10.2. The normalized spacial score (nSPS) is 9.77. The number of halogens is 2. The van der Waals surface area contributed by atoms with E-state index in [1.807, 2.05) is 22.6 Å². The Balaban J connectivity index is 2.99. The fourth-order valence-corrected chi connectivity index (χ4v) is 1.42. The van der Waals surface area contributed by atoms with E-state index in [0.717, 1.165) is 3.57 Å². The molecular formula is C8H5FIO2Si. The van der Waals surface area contributed by atoms with Crippen molar-refractivity contribution in [1.29, 1.82) is 0 Å². The molecule has 0 saturated heterocycles.